The highest BCUT2D eigenvalue weighted by atomic mass is 35.5. The maximum atomic E-state index is 7.72. The lowest BCUT2D eigenvalue weighted by atomic mass is 10.0. The Labute approximate surface area is 366 Å². The quantitative estimate of drug-likeness (QED) is 0.0558. The second-order valence-corrected chi connectivity index (χ2v) is 14.2. The molecule has 0 bridgehead atoms. The number of halogens is 2. The number of aromatic nitrogens is 6. The van der Waals surface area contributed by atoms with Crippen molar-refractivity contribution in [3.63, 3.8) is 0 Å². The van der Waals surface area contributed by atoms with Crippen molar-refractivity contribution in [2.24, 2.45) is 16.6 Å². The first-order chi connectivity index (χ1) is 28.8. The van der Waals surface area contributed by atoms with Crippen molar-refractivity contribution in [3.8, 4) is 23.1 Å². The highest BCUT2D eigenvalue weighted by Gasteiger charge is 2.27. The lowest BCUT2D eigenvalue weighted by Gasteiger charge is -2.28. The average molecular weight is 875 g/mol. The Morgan fingerprint density at radius 1 is 0.852 bits per heavy atom. The summed E-state index contributed by atoms with van der Waals surface area (Å²) in [5, 5.41) is 9.10. The molecule has 0 aliphatic carbocycles. The van der Waals surface area contributed by atoms with Crippen molar-refractivity contribution < 1.29 is 23.9 Å². The molecular formula is C43H53Cl2N11O5. The van der Waals surface area contributed by atoms with E-state index in [0.717, 1.165) is 33.9 Å². The Hall–Kier alpha value is -5.88. The number of amidine groups is 1. The number of pyridine rings is 2. The van der Waals surface area contributed by atoms with Crippen molar-refractivity contribution in [1.82, 2.24) is 34.6 Å². The van der Waals surface area contributed by atoms with Gasteiger partial charge in [-0.05, 0) is 94.3 Å². The molecule has 4 aromatic heterocycles. The van der Waals surface area contributed by atoms with Crippen LogP contribution in [0.2, 0.25) is 10.0 Å². The lowest BCUT2D eigenvalue weighted by Crippen LogP contribution is -2.38. The number of nitrogens with two attached hydrogens (primary N) is 2. The van der Waals surface area contributed by atoms with Crippen molar-refractivity contribution >= 4 is 34.9 Å². The van der Waals surface area contributed by atoms with Gasteiger partial charge in [0.2, 0.25) is 17.7 Å². The zero-order chi connectivity index (χ0) is 43.3. The van der Waals surface area contributed by atoms with Gasteiger partial charge >= 0.3 is 0 Å². The molecule has 6 aromatic rings. The number of ether oxygens (including phenoxy) is 3. The first-order valence-corrected chi connectivity index (χ1v) is 19.6. The van der Waals surface area contributed by atoms with Gasteiger partial charge in [-0.25, -0.2) is 31.3 Å². The van der Waals surface area contributed by atoms with Gasteiger partial charge in [-0.3, -0.25) is 20.1 Å². The predicted octanol–water partition coefficient (Wildman–Crippen LogP) is 7.85. The van der Waals surface area contributed by atoms with Crippen LogP contribution in [-0.4, -0.2) is 73.8 Å². The standard InChI is InChI=1S/C20H20ClN5O2.C13H16N4O2.C9H13ClN2O.CH4/c1-12-10-26(11-22-12)17-9-8-16(23-20(17)27-3)19-24-18(13(2)28-25-19)14-4-6-15(21)7-5-14;1-4-19-12(14)10-5-6-11(13(16-10)18-3)17-7-9(2)15-8-17;1-6(13-12)9(11)7-2-4-8(10)5-3-7;/h4-11,13,18H,1-3H3,(H,24,25);5-8,14H,4H2,1-3H3;2-6,9H,11-12H2,1H3;1H4/t13-,18+;;6-,9+;/m0.0./s1. The molecule has 5 heterocycles. The van der Waals surface area contributed by atoms with Crippen LogP contribution < -0.4 is 26.6 Å². The number of rotatable bonds is 11. The van der Waals surface area contributed by atoms with Gasteiger partial charge in [0.15, 0.2) is 5.84 Å². The Kier molecular flexibility index (Phi) is 17.7. The first-order valence-electron chi connectivity index (χ1n) is 18.8. The third-order valence-corrected chi connectivity index (χ3v) is 9.56. The smallest absolute Gasteiger partial charge is 0.238 e. The molecule has 6 N–H and O–H groups in total. The third kappa shape index (κ3) is 12.6. The molecule has 0 amide bonds. The Balaban J connectivity index is 0.000000216. The van der Waals surface area contributed by atoms with E-state index in [1.807, 2.05) is 111 Å². The topological polar surface area (TPSA) is 208 Å². The fourth-order valence-electron chi connectivity index (χ4n) is 5.79. The molecule has 7 rings (SSSR count). The number of nitrogens with zero attached hydrogens (tertiary/aromatic N) is 7. The number of hydrogen-bond donors (Lipinski definition) is 4. The first kappa shape index (κ1) is 47.8. The summed E-state index contributed by atoms with van der Waals surface area (Å²) in [4.78, 5) is 32.5. The fraction of sp³-hybridized carbons (Fsp3) is 0.302. The van der Waals surface area contributed by atoms with Gasteiger partial charge in [0.05, 0.1) is 57.0 Å². The van der Waals surface area contributed by atoms with Gasteiger partial charge in [0.25, 0.3) is 0 Å². The molecule has 16 nitrogen and oxygen atoms in total. The van der Waals surface area contributed by atoms with E-state index in [9.17, 15) is 0 Å². The lowest BCUT2D eigenvalue weighted by molar-refractivity contribution is -0.00478. The summed E-state index contributed by atoms with van der Waals surface area (Å²) in [6.45, 7) is 9.89. The van der Waals surface area contributed by atoms with E-state index in [-0.39, 0.29) is 37.6 Å². The van der Waals surface area contributed by atoms with Crippen LogP contribution in [0.1, 0.15) is 74.2 Å². The second kappa shape index (κ2) is 22.6. The summed E-state index contributed by atoms with van der Waals surface area (Å²) >= 11 is 11.7. The largest absolute Gasteiger partial charge is 0.479 e. The van der Waals surface area contributed by atoms with Crippen LogP contribution in [0, 0.1) is 19.3 Å². The number of hydrogen-bond acceptors (Lipinski definition) is 14. The number of benzene rings is 2. The number of methoxy groups -OCH3 is 2. The molecule has 1 aliphatic heterocycles. The third-order valence-electron chi connectivity index (χ3n) is 9.05. The number of nitrogens with one attached hydrogen (secondary N) is 2. The fourth-order valence-corrected chi connectivity index (χ4v) is 6.04. The minimum Gasteiger partial charge on any atom is -0.479 e. The van der Waals surface area contributed by atoms with E-state index < -0.39 is 0 Å². The van der Waals surface area contributed by atoms with Crippen molar-refractivity contribution in [3.05, 3.63) is 142 Å². The molecule has 18 heteroatoms. The van der Waals surface area contributed by atoms with E-state index in [2.05, 4.69) is 30.3 Å². The molecule has 324 valence electrons. The number of hydroxylamine groups is 1. The van der Waals surface area contributed by atoms with Gasteiger partial charge in [-0.2, -0.15) is 0 Å². The monoisotopic (exact) mass is 873 g/mol. The summed E-state index contributed by atoms with van der Waals surface area (Å²) < 4.78 is 19.6. The van der Waals surface area contributed by atoms with Crippen LogP contribution in [-0.2, 0) is 14.4 Å². The predicted molar refractivity (Wildman–Crippen MR) is 238 cm³/mol. The zero-order valence-electron chi connectivity index (χ0n) is 34.3. The summed E-state index contributed by atoms with van der Waals surface area (Å²) in [5.41, 5.74) is 15.2. The van der Waals surface area contributed by atoms with Crippen LogP contribution in [0.5, 0.6) is 11.8 Å². The van der Waals surface area contributed by atoms with Gasteiger partial charge in [-0.1, -0.05) is 54.9 Å². The van der Waals surface area contributed by atoms with Gasteiger partial charge < -0.3 is 29.1 Å². The summed E-state index contributed by atoms with van der Waals surface area (Å²) in [6.07, 6.45) is 6.87. The molecule has 4 atom stereocenters. The summed E-state index contributed by atoms with van der Waals surface area (Å²) in [7, 11) is 3.13. The van der Waals surface area contributed by atoms with Crippen molar-refractivity contribution in [1.29, 1.82) is 5.41 Å². The summed E-state index contributed by atoms with van der Waals surface area (Å²) in [6, 6.07) is 21.9. The number of aliphatic imine (C=N–C) groups is 1. The minimum atomic E-state index is -0.220. The number of imidazole rings is 2. The Bertz CT molecular complexity index is 2350. The van der Waals surface area contributed by atoms with Crippen LogP contribution in [0.15, 0.2) is 103 Å². The van der Waals surface area contributed by atoms with Crippen LogP contribution in [0.3, 0.4) is 0 Å². The van der Waals surface area contributed by atoms with E-state index in [0.29, 0.717) is 45.6 Å². The molecule has 2 aromatic carbocycles. The highest BCUT2D eigenvalue weighted by molar-refractivity contribution is 6.30. The molecule has 0 unspecified atom stereocenters. The van der Waals surface area contributed by atoms with Crippen LogP contribution in [0.4, 0.5) is 0 Å². The molecule has 61 heavy (non-hydrogen) atoms. The van der Waals surface area contributed by atoms with Gasteiger partial charge in [-0.15, -0.1) is 0 Å². The molecule has 0 saturated heterocycles. The molecule has 0 fully saturated rings. The molecule has 0 radical (unpaired) electrons. The van der Waals surface area contributed by atoms with E-state index in [4.69, 9.17) is 64.3 Å². The van der Waals surface area contributed by atoms with Gasteiger partial charge in [0.1, 0.15) is 34.9 Å². The molecule has 1 aliphatic rings. The van der Waals surface area contributed by atoms with Crippen LogP contribution >= 0.6 is 23.2 Å². The Morgan fingerprint density at radius 2 is 1.39 bits per heavy atom. The molecular weight excluding hydrogens is 821 g/mol. The Morgan fingerprint density at radius 3 is 1.90 bits per heavy atom. The highest BCUT2D eigenvalue weighted by Crippen LogP contribution is 2.29. The van der Waals surface area contributed by atoms with Gasteiger partial charge in [0, 0.05) is 22.4 Å². The second-order valence-electron chi connectivity index (χ2n) is 13.4. The zero-order valence-corrected chi connectivity index (χ0v) is 35.8. The van der Waals surface area contributed by atoms with E-state index in [1.54, 1.807) is 45.1 Å². The normalized spacial score (nSPS) is 15.2. The van der Waals surface area contributed by atoms with Crippen LogP contribution in [0.25, 0.3) is 11.4 Å². The van der Waals surface area contributed by atoms with E-state index in [1.165, 1.54) is 0 Å². The molecule has 0 spiro atoms. The average Bonchev–Trinajstić information content (AvgIpc) is 3.91. The summed E-state index contributed by atoms with van der Waals surface area (Å²) in [5.74, 6) is 6.52. The van der Waals surface area contributed by atoms with Crippen molar-refractivity contribution in [2.75, 3.05) is 20.8 Å². The molecule has 0 saturated carbocycles. The van der Waals surface area contributed by atoms with Crippen molar-refractivity contribution in [2.45, 2.75) is 66.3 Å². The maximum Gasteiger partial charge on any atom is 0.238 e. The SMILES string of the molecule is C.CCOC(=N)c1ccc(-n2cnc(C)c2)c(OC)n1.COc1nc(C2=N[C@@H](c3ccc(Cl)cc3)[C@H](C)ON2)ccc1-n1cnc(C)c1.C[C@H](ON)[C@@H](N)c1ccc(Cl)cc1. The van der Waals surface area contributed by atoms with E-state index >= 15 is 0 Å². The minimum absolute atomic E-state index is 0. The number of aryl methyl sites for hydroxylation is 2. The maximum absolute atomic E-state index is 7.72.